The molecule has 0 aliphatic carbocycles. The first-order valence-corrected chi connectivity index (χ1v) is 3.88. The number of rotatable bonds is 4. The van der Waals surface area contributed by atoms with Crippen LogP contribution in [0.4, 0.5) is 0 Å². The van der Waals surface area contributed by atoms with Crippen LogP contribution < -0.4 is 9.47 Å². The quantitative estimate of drug-likeness (QED) is 0.720. The molecule has 0 spiro atoms. The third-order valence-corrected chi connectivity index (χ3v) is 1.50. The Morgan fingerprint density at radius 3 is 2.85 bits per heavy atom. The summed E-state index contributed by atoms with van der Waals surface area (Å²) in [4.78, 5) is 0. The molecule has 0 fully saturated rings. The number of phenols is 1. The number of methoxy groups -OCH3 is 1. The van der Waals surface area contributed by atoms with E-state index in [1.165, 1.54) is 13.2 Å². The van der Waals surface area contributed by atoms with E-state index in [0.717, 1.165) is 0 Å². The monoisotopic (exact) mass is 180 g/mol. The molecule has 70 valence electrons. The summed E-state index contributed by atoms with van der Waals surface area (Å²) in [6, 6.07) is 4.69. The standard InChI is InChI=1S/C10H12O3/c1-3-6-13-9-5-4-8(11)7-10(9)12-2/h3-5,7,11H,1,6H2,2H3. The van der Waals surface area contributed by atoms with Crippen molar-refractivity contribution in [2.75, 3.05) is 13.7 Å². The van der Waals surface area contributed by atoms with E-state index in [-0.39, 0.29) is 5.75 Å². The molecule has 0 saturated carbocycles. The van der Waals surface area contributed by atoms with Crippen LogP contribution in [-0.2, 0) is 0 Å². The summed E-state index contributed by atoms with van der Waals surface area (Å²) in [6.07, 6.45) is 1.65. The van der Waals surface area contributed by atoms with E-state index < -0.39 is 0 Å². The predicted molar refractivity (Wildman–Crippen MR) is 50.4 cm³/mol. The van der Waals surface area contributed by atoms with E-state index in [1.54, 1.807) is 18.2 Å². The molecule has 1 N–H and O–H groups in total. The first-order valence-electron chi connectivity index (χ1n) is 3.88. The van der Waals surface area contributed by atoms with Gasteiger partial charge in [0.1, 0.15) is 12.4 Å². The highest BCUT2D eigenvalue weighted by Gasteiger charge is 2.03. The van der Waals surface area contributed by atoms with Crippen LogP contribution in [0.2, 0.25) is 0 Å². The predicted octanol–water partition coefficient (Wildman–Crippen LogP) is 1.97. The Kier molecular flexibility index (Phi) is 3.20. The van der Waals surface area contributed by atoms with Gasteiger partial charge in [-0.25, -0.2) is 0 Å². The Morgan fingerprint density at radius 1 is 1.46 bits per heavy atom. The van der Waals surface area contributed by atoms with Crippen molar-refractivity contribution in [1.29, 1.82) is 0 Å². The smallest absolute Gasteiger partial charge is 0.164 e. The van der Waals surface area contributed by atoms with E-state index in [2.05, 4.69) is 6.58 Å². The molecule has 1 rings (SSSR count). The van der Waals surface area contributed by atoms with Gasteiger partial charge in [0.15, 0.2) is 11.5 Å². The number of hydrogen-bond acceptors (Lipinski definition) is 3. The van der Waals surface area contributed by atoms with Gasteiger partial charge >= 0.3 is 0 Å². The highest BCUT2D eigenvalue weighted by atomic mass is 16.5. The van der Waals surface area contributed by atoms with Crippen LogP contribution in [-0.4, -0.2) is 18.8 Å². The third kappa shape index (κ3) is 2.40. The topological polar surface area (TPSA) is 38.7 Å². The van der Waals surface area contributed by atoms with Crippen molar-refractivity contribution in [2.24, 2.45) is 0 Å². The number of hydrogen-bond donors (Lipinski definition) is 1. The summed E-state index contributed by atoms with van der Waals surface area (Å²) in [5.41, 5.74) is 0. The SMILES string of the molecule is C=CCOc1ccc(O)cc1OC. The van der Waals surface area contributed by atoms with E-state index >= 15 is 0 Å². The maximum absolute atomic E-state index is 9.14. The van der Waals surface area contributed by atoms with Crippen LogP contribution in [0.15, 0.2) is 30.9 Å². The van der Waals surface area contributed by atoms with Crippen molar-refractivity contribution in [3.63, 3.8) is 0 Å². The van der Waals surface area contributed by atoms with E-state index in [0.29, 0.717) is 18.1 Å². The Balaban J connectivity index is 2.85. The fourth-order valence-electron chi connectivity index (χ4n) is 0.924. The maximum atomic E-state index is 9.14. The van der Waals surface area contributed by atoms with Gasteiger partial charge in [-0.15, -0.1) is 0 Å². The summed E-state index contributed by atoms with van der Waals surface area (Å²) in [6.45, 7) is 3.95. The molecule has 0 aliphatic rings. The molecule has 0 atom stereocenters. The molecule has 0 aromatic heterocycles. The minimum absolute atomic E-state index is 0.155. The number of ether oxygens (including phenoxy) is 2. The summed E-state index contributed by atoms with van der Waals surface area (Å²) in [5.74, 6) is 1.27. The molecule has 0 bridgehead atoms. The van der Waals surface area contributed by atoms with Gasteiger partial charge in [0.25, 0.3) is 0 Å². The van der Waals surface area contributed by atoms with Crippen LogP contribution in [0.25, 0.3) is 0 Å². The second-order valence-corrected chi connectivity index (χ2v) is 2.43. The highest BCUT2D eigenvalue weighted by Crippen LogP contribution is 2.30. The van der Waals surface area contributed by atoms with E-state index in [4.69, 9.17) is 14.6 Å². The lowest BCUT2D eigenvalue weighted by atomic mass is 10.3. The minimum Gasteiger partial charge on any atom is -0.508 e. The summed E-state index contributed by atoms with van der Waals surface area (Å²) in [7, 11) is 1.52. The Morgan fingerprint density at radius 2 is 2.23 bits per heavy atom. The highest BCUT2D eigenvalue weighted by molar-refractivity contribution is 5.44. The lowest BCUT2D eigenvalue weighted by molar-refractivity contribution is 0.324. The van der Waals surface area contributed by atoms with E-state index in [9.17, 15) is 0 Å². The molecule has 0 amide bonds. The number of phenolic OH excluding ortho intramolecular Hbond substituents is 1. The van der Waals surface area contributed by atoms with Crippen molar-refractivity contribution in [1.82, 2.24) is 0 Å². The normalized spacial score (nSPS) is 9.31. The zero-order valence-electron chi connectivity index (χ0n) is 7.49. The summed E-state index contributed by atoms with van der Waals surface area (Å²) >= 11 is 0. The second-order valence-electron chi connectivity index (χ2n) is 2.43. The van der Waals surface area contributed by atoms with Gasteiger partial charge in [-0.2, -0.15) is 0 Å². The van der Waals surface area contributed by atoms with Gasteiger partial charge < -0.3 is 14.6 Å². The average Bonchev–Trinajstić information content (AvgIpc) is 2.16. The molecular weight excluding hydrogens is 168 g/mol. The van der Waals surface area contributed by atoms with Crippen LogP contribution in [0.5, 0.6) is 17.2 Å². The van der Waals surface area contributed by atoms with Gasteiger partial charge in [-0.1, -0.05) is 12.7 Å². The molecule has 0 radical (unpaired) electrons. The molecule has 3 nitrogen and oxygen atoms in total. The zero-order valence-corrected chi connectivity index (χ0v) is 7.49. The number of benzene rings is 1. The van der Waals surface area contributed by atoms with Crippen molar-refractivity contribution >= 4 is 0 Å². The molecule has 0 saturated heterocycles. The summed E-state index contributed by atoms with van der Waals surface area (Å²) in [5, 5.41) is 9.14. The fourth-order valence-corrected chi connectivity index (χ4v) is 0.924. The van der Waals surface area contributed by atoms with Crippen LogP contribution in [0.3, 0.4) is 0 Å². The van der Waals surface area contributed by atoms with Gasteiger partial charge in [0.2, 0.25) is 0 Å². The lowest BCUT2D eigenvalue weighted by Gasteiger charge is -2.08. The van der Waals surface area contributed by atoms with Crippen LogP contribution in [0.1, 0.15) is 0 Å². The summed E-state index contributed by atoms with van der Waals surface area (Å²) < 4.78 is 10.3. The molecule has 13 heavy (non-hydrogen) atoms. The van der Waals surface area contributed by atoms with Gasteiger partial charge in [-0.05, 0) is 12.1 Å². The Bertz CT molecular complexity index is 294. The van der Waals surface area contributed by atoms with Gasteiger partial charge in [0.05, 0.1) is 7.11 Å². The van der Waals surface area contributed by atoms with Crippen molar-refractivity contribution in [3.05, 3.63) is 30.9 Å². The largest absolute Gasteiger partial charge is 0.508 e. The van der Waals surface area contributed by atoms with E-state index in [1.807, 2.05) is 0 Å². The van der Waals surface area contributed by atoms with Crippen molar-refractivity contribution < 1.29 is 14.6 Å². The molecular formula is C10H12O3. The molecule has 1 aromatic carbocycles. The molecule has 0 aliphatic heterocycles. The molecule has 3 heteroatoms. The van der Waals surface area contributed by atoms with Crippen LogP contribution >= 0.6 is 0 Å². The maximum Gasteiger partial charge on any atom is 0.164 e. The molecule has 0 heterocycles. The number of aromatic hydroxyl groups is 1. The fraction of sp³-hybridized carbons (Fsp3) is 0.200. The van der Waals surface area contributed by atoms with Crippen LogP contribution in [0, 0.1) is 0 Å². The zero-order chi connectivity index (χ0) is 9.68. The minimum atomic E-state index is 0.155. The first kappa shape index (κ1) is 9.45. The molecule has 0 unspecified atom stereocenters. The van der Waals surface area contributed by atoms with Crippen molar-refractivity contribution in [3.8, 4) is 17.2 Å². The average molecular weight is 180 g/mol. The Hall–Kier alpha value is -1.64. The van der Waals surface area contributed by atoms with Crippen molar-refractivity contribution in [2.45, 2.75) is 0 Å². The third-order valence-electron chi connectivity index (χ3n) is 1.50. The Labute approximate surface area is 77.2 Å². The first-order chi connectivity index (χ1) is 6.27. The lowest BCUT2D eigenvalue weighted by Crippen LogP contribution is -1.95. The molecule has 1 aromatic rings. The second kappa shape index (κ2) is 4.40. The van der Waals surface area contributed by atoms with Gasteiger partial charge in [-0.3, -0.25) is 0 Å². The van der Waals surface area contributed by atoms with Gasteiger partial charge in [0, 0.05) is 6.07 Å².